The van der Waals surface area contributed by atoms with E-state index in [2.05, 4.69) is 52.8 Å². The monoisotopic (exact) mass is 339 g/mol. The lowest BCUT2D eigenvalue weighted by Crippen LogP contribution is -2.30. The zero-order valence-electron chi connectivity index (χ0n) is 15.0. The molecule has 1 aliphatic heterocycles. The van der Waals surface area contributed by atoms with Crippen molar-refractivity contribution in [3.8, 4) is 11.1 Å². The summed E-state index contributed by atoms with van der Waals surface area (Å²) >= 11 is 0. The molecule has 1 unspecified atom stereocenters. The number of nitrogens with one attached hydrogen (secondary N) is 3. The number of aromatic nitrogens is 5. The first kappa shape index (κ1) is 16.1. The van der Waals surface area contributed by atoms with E-state index in [0.717, 1.165) is 41.4 Å². The Morgan fingerprint density at radius 1 is 1.28 bits per heavy atom. The summed E-state index contributed by atoms with van der Waals surface area (Å²) in [6, 6.07) is 2.15. The second-order valence-corrected chi connectivity index (χ2v) is 7.77. The molecule has 0 bridgehead atoms. The van der Waals surface area contributed by atoms with Crippen LogP contribution < -0.4 is 10.6 Å². The molecule has 7 nitrogen and oxygen atoms in total. The van der Waals surface area contributed by atoms with Crippen molar-refractivity contribution in [1.29, 1.82) is 0 Å². The number of nitrogens with zero attached hydrogens (tertiary/aromatic N) is 4. The third-order valence-corrected chi connectivity index (χ3v) is 4.52. The maximum absolute atomic E-state index is 4.98. The molecule has 132 valence electrons. The van der Waals surface area contributed by atoms with Gasteiger partial charge >= 0.3 is 0 Å². The van der Waals surface area contributed by atoms with E-state index in [-0.39, 0.29) is 5.54 Å². The fourth-order valence-electron chi connectivity index (χ4n) is 3.37. The van der Waals surface area contributed by atoms with Gasteiger partial charge in [0, 0.05) is 41.4 Å². The molecule has 0 spiro atoms. The molecule has 3 aromatic heterocycles. The lowest BCUT2D eigenvalue weighted by atomic mass is 9.95. The Kier molecular flexibility index (Phi) is 3.95. The van der Waals surface area contributed by atoms with Crippen LogP contribution in [0, 0.1) is 0 Å². The summed E-state index contributed by atoms with van der Waals surface area (Å²) in [5, 5.41) is 18.6. The molecule has 0 radical (unpaired) electrons. The summed E-state index contributed by atoms with van der Waals surface area (Å²) < 4.78 is 1.90. The molecule has 3 aromatic rings. The summed E-state index contributed by atoms with van der Waals surface area (Å²) in [7, 11) is 0. The molecule has 25 heavy (non-hydrogen) atoms. The van der Waals surface area contributed by atoms with E-state index in [4.69, 9.17) is 4.98 Å². The van der Waals surface area contributed by atoms with Crippen LogP contribution in [0.2, 0.25) is 0 Å². The van der Waals surface area contributed by atoms with Crippen molar-refractivity contribution in [3.05, 3.63) is 30.4 Å². The summed E-state index contributed by atoms with van der Waals surface area (Å²) in [4.78, 5) is 4.98. The molecule has 1 aliphatic rings. The van der Waals surface area contributed by atoms with Crippen LogP contribution in [0.4, 0.5) is 5.82 Å². The molecule has 7 heteroatoms. The molecule has 0 amide bonds. The molecule has 3 N–H and O–H groups in total. The van der Waals surface area contributed by atoms with Gasteiger partial charge in [0.05, 0.1) is 18.1 Å². The average Bonchev–Trinajstić information content (AvgIpc) is 3.23. The third-order valence-electron chi connectivity index (χ3n) is 4.52. The summed E-state index contributed by atoms with van der Waals surface area (Å²) in [6.07, 6.45) is 7.91. The van der Waals surface area contributed by atoms with E-state index in [0.29, 0.717) is 5.92 Å². The molecule has 0 aliphatic carbocycles. The fraction of sp³-hybridized carbons (Fsp3) is 0.500. The summed E-state index contributed by atoms with van der Waals surface area (Å²) in [5.74, 6) is 1.42. The zero-order valence-corrected chi connectivity index (χ0v) is 15.0. The molecule has 0 aromatic carbocycles. The van der Waals surface area contributed by atoms with Gasteiger partial charge in [-0.25, -0.2) is 4.98 Å². The minimum Gasteiger partial charge on any atom is -0.365 e. The van der Waals surface area contributed by atoms with Crippen LogP contribution in [0.15, 0.2) is 24.7 Å². The van der Waals surface area contributed by atoms with Crippen LogP contribution >= 0.6 is 0 Å². The number of rotatable bonds is 3. The predicted octanol–water partition coefficient (Wildman–Crippen LogP) is 2.80. The molecule has 4 heterocycles. The highest BCUT2D eigenvalue weighted by molar-refractivity contribution is 5.77. The van der Waals surface area contributed by atoms with Crippen molar-refractivity contribution >= 4 is 11.5 Å². The molecule has 4 rings (SSSR count). The minimum atomic E-state index is -0.0574. The number of fused-ring (bicyclic) bond motifs is 1. The minimum absolute atomic E-state index is 0.0574. The Morgan fingerprint density at radius 2 is 2.16 bits per heavy atom. The standard InChI is InChI=1S/C18H25N7/c1-18(2,3)24-16-7-15(12-5-4-6-19-8-12)23-17-14(11-22-25(16)17)13-9-20-21-10-13/h7,9-12,19,24H,4-6,8H2,1-3H3,(H,20,21). The van der Waals surface area contributed by atoms with Gasteiger partial charge < -0.3 is 10.6 Å². The number of hydrogen-bond acceptors (Lipinski definition) is 5. The molecule has 1 saturated heterocycles. The Bertz CT molecular complexity index is 852. The Morgan fingerprint density at radius 3 is 2.84 bits per heavy atom. The van der Waals surface area contributed by atoms with Crippen LogP contribution in [-0.2, 0) is 0 Å². The van der Waals surface area contributed by atoms with Gasteiger partial charge in [-0.2, -0.15) is 14.7 Å². The third kappa shape index (κ3) is 3.24. The van der Waals surface area contributed by atoms with Crippen LogP contribution in [0.5, 0.6) is 0 Å². The highest BCUT2D eigenvalue weighted by atomic mass is 15.3. The van der Waals surface area contributed by atoms with Gasteiger partial charge in [-0.15, -0.1) is 0 Å². The van der Waals surface area contributed by atoms with E-state index in [1.807, 2.05) is 23.1 Å². The van der Waals surface area contributed by atoms with Gasteiger partial charge in [0.15, 0.2) is 5.65 Å². The van der Waals surface area contributed by atoms with Gasteiger partial charge in [0.1, 0.15) is 5.82 Å². The van der Waals surface area contributed by atoms with Gasteiger partial charge in [0.2, 0.25) is 0 Å². The fourth-order valence-corrected chi connectivity index (χ4v) is 3.37. The smallest absolute Gasteiger partial charge is 0.165 e. The van der Waals surface area contributed by atoms with E-state index >= 15 is 0 Å². The SMILES string of the molecule is CC(C)(C)Nc1cc(C2CCCNC2)nc2c(-c3cn[nH]c3)cnn12. The highest BCUT2D eigenvalue weighted by Gasteiger charge is 2.22. The second-order valence-electron chi connectivity index (χ2n) is 7.77. The van der Waals surface area contributed by atoms with E-state index in [1.165, 1.54) is 12.8 Å². The van der Waals surface area contributed by atoms with Crippen LogP contribution in [0.25, 0.3) is 16.8 Å². The van der Waals surface area contributed by atoms with Crippen LogP contribution in [0.1, 0.15) is 45.2 Å². The molecule has 1 fully saturated rings. The zero-order chi connectivity index (χ0) is 17.4. The molecular formula is C18H25N7. The van der Waals surface area contributed by atoms with Crippen molar-refractivity contribution in [1.82, 2.24) is 30.1 Å². The van der Waals surface area contributed by atoms with Gasteiger partial charge in [-0.1, -0.05) is 0 Å². The van der Waals surface area contributed by atoms with Crippen molar-refractivity contribution < 1.29 is 0 Å². The van der Waals surface area contributed by atoms with Gasteiger partial charge in [-0.05, 0) is 40.2 Å². The van der Waals surface area contributed by atoms with Gasteiger partial charge in [-0.3, -0.25) is 5.10 Å². The van der Waals surface area contributed by atoms with Crippen molar-refractivity contribution in [2.75, 3.05) is 18.4 Å². The lowest BCUT2D eigenvalue weighted by molar-refractivity contribution is 0.454. The molecule has 0 saturated carbocycles. The predicted molar refractivity (Wildman–Crippen MR) is 98.8 cm³/mol. The Balaban J connectivity index is 1.86. The Hall–Kier alpha value is -2.41. The first-order valence-electron chi connectivity index (χ1n) is 8.88. The number of H-pyrrole nitrogens is 1. The van der Waals surface area contributed by atoms with Crippen molar-refractivity contribution in [3.63, 3.8) is 0 Å². The van der Waals surface area contributed by atoms with Gasteiger partial charge in [0.25, 0.3) is 0 Å². The largest absolute Gasteiger partial charge is 0.365 e. The number of aromatic amines is 1. The number of anilines is 1. The topological polar surface area (TPSA) is 82.9 Å². The first-order chi connectivity index (χ1) is 12.0. The maximum Gasteiger partial charge on any atom is 0.165 e. The summed E-state index contributed by atoms with van der Waals surface area (Å²) in [6.45, 7) is 8.54. The quantitative estimate of drug-likeness (QED) is 0.683. The highest BCUT2D eigenvalue weighted by Crippen LogP contribution is 2.30. The van der Waals surface area contributed by atoms with E-state index < -0.39 is 0 Å². The number of piperidine rings is 1. The normalized spacial score (nSPS) is 18.6. The average molecular weight is 339 g/mol. The van der Waals surface area contributed by atoms with Crippen LogP contribution in [0.3, 0.4) is 0 Å². The molecular weight excluding hydrogens is 314 g/mol. The Labute approximate surface area is 147 Å². The molecule has 1 atom stereocenters. The van der Waals surface area contributed by atoms with E-state index in [1.54, 1.807) is 0 Å². The first-order valence-corrected chi connectivity index (χ1v) is 8.88. The lowest BCUT2D eigenvalue weighted by Gasteiger charge is -2.26. The number of hydrogen-bond donors (Lipinski definition) is 3. The maximum atomic E-state index is 4.98. The van der Waals surface area contributed by atoms with Crippen LogP contribution in [-0.4, -0.2) is 43.4 Å². The van der Waals surface area contributed by atoms with E-state index in [9.17, 15) is 0 Å². The second kappa shape index (κ2) is 6.15. The van der Waals surface area contributed by atoms with Crippen molar-refractivity contribution in [2.45, 2.75) is 45.1 Å². The van der Waals surface area contributed by atoms with Crippen molar-refractivity contribution in [2.24, 2.45) is 0 Å². The summed E-state index contributed by atoms with van der Waals surface area (Å²) in [5.41, 5.74) is 3.94.